The minimum atomic E-state index is -0.298. The fraction of sp³-hybridized carbons (Fsp3) is 0.385. The molecule has 4 heteroatoms. The Balaban J connectivity index is 2.96. The number of aliphatic hydroxyl groups excluding tert-OH is 1. The van der Waals surface area contributed by atoms with Crippen molar-refractivity contribution in [2.45, 2.75) is 12.5 Å². The molecule has 1 rings (SSSR count). The number of nitrogens with two attached hydrogens (primary N) is 1. The van der Waals surface area contributed by atoms with Crippen molar-refractivity contribution in [1.29, 1.82) is 0 Å². The summed E-state index contributed by atoms with van der Waals surface area (Å²) in [5, 5.41) is 8.98. The van der Waals surface area contributed by atoms with Crippen LogP contribution in [0, 0.1) is 0 Å². The van der Waals surface area contributed by atoms with Crippen molar-refractivity contribution in [1.82, 2.24) is 0 Å². The van der Waals surface area contributed by atoms with Crippen LogP contribution < -0.4 is 15.2 Å². The highest BCUT2D eigenvalue weighted by atomic mass is 16.5. The molecule has 0 heterocycles. The summed E-state index contributed by atoms with van der Waals surface area (Å²) in [6, 6.07) is 5.32. The maximum Gasteiger partial charge on any atom is 0.164 e. The number of hydrogen-bond donors (Lipinski definition) is 2. The van der Waals surface area contributed by atoms with Crippen molar-refractivity contribution in [2.24, 2.45) is 5.73 Å². The third-order valence-electron chi connectivity index (χ3n) is 2.34. The minimum absolute atomic E-state index is 0.0574. The molecular formula is C13H19NO3. The first-order chi connectivity index (χ1) is 8.22. The lowest BCUT2D eigenvalue weighted by atomic mass is 10.1. The Hall–Kier alpha value is -1.52. The van der Waals surface area contributed by atoms with Gasteiger partial charge in [-0.25, -0.2) is 0 Å². The summed E-state index contributed by atoms with van der Waals surface area (Å²) in [5.74, 6) is 1.33. The third kappa shape index (κ3) is 3.76. The van der Waals surface area contributed by atoms with Crippen LogP contribution in [0.15, 0.2) is 30.9 Å². The lowest BCUT2D eigenvalue weighted by Gasteiger charge is -2.16. The maximum atomic E-state index is 8.98. The normalized spacial score (nSPS) is 11.9. The summed E-state index contributed by atoms with van der Waals surface area (Å²) in [5.41, 5.74) is 6.65. The van der Waals surface area contributed by atoms with E-state index in [0.717, 1.165) is 5.56 Å². The van der Waals surface area contributed by atoms with E-state index < -0.39 is 0 Å². The highest BCUT2D eigenvalue weighted by Gasteiger charge is 2.12. The SMILES string of the molecule is C=CCOc1c(CC(N)CO)cccc1OC. The molecule has 94 valence electrons. The summed E-state index contributed by atoms with van der Waals surface area (Å²) < 4.78 is 10.8. The molecule has 1 atom stereocenters. The van der Waals surface area contributed by atoms with Gasteiger partial charge in [-0.1, -0.05) is 24.8 Å². The average molecular weight is 237 g/mol. The first kappa shape index (κ1) is 13.5. The zero-order valence-electron chi connectivity index (χ0n) is 10.1. The van der Waals surface area contributed by atoms with Crippen LogP contribution in [0.1, 0.15) is 5.56 Å². The number of benzene rings is 1. The van der Waals surface area contributed by atoms with Gasteiger partial charge in [0, 0.05) is 6.04 Å². The van der Waals surface area contributed by atoms with Gasteiger partial charge in [-0.05, 0) is 18.1 Å². The van der Waals surface area contributed by atoms with E-state index in [1.165, 1.54) is 0 Å². The van der Waals surface area contributed by atoms with E-state index in [1.54, 1.807) is 13.2 Å². The van der Waals surface area contributed by atoms with Crippen LogP contribution >= 0.6 is 0 Å². The largest absolute Gasteiger partial charge is 0.493 e. The Morgan fingerprint density at radius 1 is 1.53 bits per heavy atom. The number of rotatable bonds is 7. The second kappa shape index (κ2) is 6.93. The smallest absolute Gasteiger partial charge is 0.164 e. The summed E-state index contributed by atoms with van der Waals surface area (Å²) in [6.07, 6.45) is 2.21. The Morgan fingerprint density at radius 2 is 2.29 bits per heavy atom. The monoisotopic (exact) mass is 237 g/mol. The minimum Gasteiger partial charge on any atom is -0.493 e. The van der Waals surface area contributed by atoms with Gasteiger partial charge in [-0.2, -0.15) is 0 Å². The second-order valence-corrected chi connectivity index (χ2v) is 3.69. The van der Waals surface area contributed by atoms with Crippen molar-refractivity contribution in [3.8, 4) is 11.5 Å². The summed E-state index contributed by atoms with van der Waals surface area (Å²) in [6.45, 7) is 3.95. The maximum absolute atomic E-state index is 8.98. The molecule has 4 nitrogen and oxygen atoms in total. The van der Waals surface area contributed by atoms with E-state index in [0.29, 0.717) is 24.5 Å². The molecule has 0 aromatic heterocycles. The number of ether oxygens (including phenoxy) is 2. The lowest BCUT2D eigenvalue weighted by Crippen LogP contribution is -2.27. The fourth-order valence-corrected chi connectivity index (χ4v) is 1.54. The zero-order valence-corrected chi connectivity index (χ0v) is 10.1. The molecule has 0 radical (unpaired) electrons. The second-order valence-electron chi connectivity index (χ2n) is 3.69. The van der Waals surface area contributed by atoms with Crippen LogP contribution in [0.2, 0.25) is 0 Å². The molecule has 0 aliphatic rings. The third-order valence-corrected chi connectivity index (χ3v) is 2.34. The Bertz CT molecular complexity index is 366. The molecule has 0 fully saturated rings. The first-order valence-corrected chi connectivity index (χ1v) is 5.49. The van der Waals surface area contributed by atoms with Crippen LogP contribution in [0.5, 0.6) is 11.5 Å². The predicted molar refractivity (Wildman–Crippen MR) is 67.5 cm³/mol. The van der Waals surface area contributed by atoms with Crippen LogP contribution in [0.4, 0.5) is 0 Å². The van der Waals surface area contributed by atoms with Gasteiger partial charge in [0.1, 0.15) is 6.61 Å². The van der Waals surface area contributed by atoms with Gasteiger partial charge in [0.05, 0.1) is 13.7 Å². The summed E-state index contributed by atoms with van der Waals surface area (Å²) in [4.78, 5) is 0. The van der Waals surface area contributed by atoms with Gasteiger partial charge in [0.25, 0.3) is 0 Å². The standard InChI is InChI=1S/C13H19NO3/c1-3-7-17-13-10(8-11(14)9-15)5-4-6-12(13)16-2/h3-6,11,15H,1,7-9,14H2,2H3. The van der Waals surface area contributed by atoms with Crippen molar-refractivity contribution >= 4 is 0 Å². The molecule has 1 unspecified atom stereocenters. The van der Waals surface area contributed by atoms with Crippen LogP contribution in [0.3, 0.4) is 0 Å². The molecule has 0 aliphatic heterocycles. The zero-order chi connectivity index (χ0) is 12.7. The van der Waals surface area contributed by atoms with Gasteiger partial charge in [0.15, 0.2) is 11.5 Å². The molecule has 0 amide bonds. The molecule has 17 heavy (non-hydrogen) atoms. The number of methoxy groups -OCH3 is 1. The van der Waals surface area contributed by atoms with E-state index in [9.17, 15) is 0 Å². The molecule has 0 spiro atoms. The van der Waals surface area contributed by atoms with E-state index in [2.05, 4.69) is 6.58 Å². The Kier molecular flexibility index (Phi) is 5.52. The Morgan fingerprint density at radius 3 is 2.88 bits per heavy atom. The molecule has 0 aliphatic carbocycles. The van der Waals surface area contributed by atoms with Crippen molar-refractivity contribution in [3.05, 3.63) is 36.4 Å². The van der Waals surface area contributed by atoms with Gasteiger partial charge >= 0.3 is 0 Å². The molecule has 0 saturated carbocycles. The molecule has 1 aromatic rings. The molecule has 1 aromatic carbocycles. The fourth-order valence-electron chi connectivity index (χ4n) is 1.54. The summed E-state index contributed by atoms with van der Waals surface area (Å²) in [7, 11) is 1.59. The van der Waals surface area contributed by atoms with Crippen LogP contribution in [-0.4, -0.2) is 31.5 Å². The number of aliphatic hydroxyl groups is 1. The lowest BCUT2D eigenvalue weighted by molar-refractivity contribution is 0.263. The van der Waals surface area contributed by atoms with Crippen molar-refractivity contribution in [3.63, 3.8) is 0 Å². The molecule has 3 N–H and O–H groups in total. The highest BCUT2D eigenvalue weighted by molar-refractivity contribution is 5.47. The van der Waals surface area contributed by atoms with Crippen molar-refractivity contribution in [2.75, 3.05) is 20.3 Å². The van der Waals surface area contributed by atoms with Gasteiger partial charge in [-0.3, -0.25) is 0 Å². The van der Waals surface area contributed by atoms with E-state index in [1.807, 2.05) is 18.2 Å². The van der Waals surface area contributed by atoms with Gasteiger partial charge < -0.3 is 20.3 Å². The average Bonchev–Trinajstić information content (AvgIpc) is 2.36. The van der Waals surface area contributed by atoms with Crippen molar-refractivity contribution < 1.29 is 14.6 Å². The number of para-hydroxylation sites is 1. The van der Waals surface area contributed by atoms with E-state index >= 15 is 0 Å². The van der Waals surface area contributed by atoms with Crippen LogP contribution in [0.25, 0.3) is 0 Å². The molecule has 0 saturated heterocycles. The quantitative estimate of drug-likeness (QED) is 0.698. The molecule has 0 bridgehead atoms. The van der Waals surface area contributed by atoms with E-state index in [-0.39, 0.29) is 12.6 Å². The van der Waals surface area contributed by atoms with E-state index in [4.69, 9.17) is 20.3 Å². The predicted octanol–water partition coefficient (Wildman–Crippen LogP) is 1.12. The van der Waals surface area contributed by atoms with Gasteiger partial charge in [-0.15, -0.1) is 0 Å². The first-order valence-electron chi connectivity index (χ1n) is 5.49. The molecular weight excluding hydrogens is 218 g/mol. The van der Waals surface area contributed by atoms with Crippen LogP contribution in [-0.2, 0) is 6.42 Å². The highest BCUT2D eigenvalue weighted by Crippen LogP contribution is 2.31. The summed E-state index contributed by atoms with van der Waals surface area (Å²) >= 11 is 0. The number of hydrogen-bond acceptors (Lipinski definition) is 4. The van der Waals surface area contributed by atoms with Gasteiger partial charge in [0.2, 0.25) is 0 Å². The Labute approximate surface area is 102 Å². The topological polar surface area (TPSA) is 64.7 Å².